The third-order valence-corrected chi connectivity index (χ3v) is 2.36. The second-order valence-electron chi connectivity index (χ2n) is 3.74. The molecule has 1 rings (SSSR count). The van der Waals surface area contributed by atoms with Gasteiger partial charge in [-0.25, -0.2) is 0 Å². The van der Waals surface area contributed by atoms with E-state index in [0.717, 1.165) is 0 Å². The molecule has 0 heterocycles. The van der Waals surface area contributed by atoms with Gasteiger partial charge in [-0.3, -0.25) is 0 Å². The Morgan fingerprint density at radius 2 is 1.58 bits per heavy atom. The van der Waals surface area contributed by atoms with Crippen LogP contribution in [0.3, 0.4) is 0 Å². The molecule has 0 aliphatic rings. The van der Waals surface area contributed by atoms with Crippen molar-refractivity contribution in [3.63, 3.8) is 0 Å². The first kappa shape index (κ1) is 15.6. The molecule has 0 aromatic heterocycles. The van der Waals surface area contributed by atoms with Crippen molar-refractivity contribution in [1.82, 2.24) is 0 Å². The lowest BCUT2D eigenvalue weighted by Crippen LogP contribution is -2.21. The SMILES string of the molecule is N[C@@H](CO)c1c(O)cc(C(F)(F)F)cc1C(F)(F)F. The van der Waals surface area contributed by atoms with Crippen LogP contribution in [0.5, 0.6) is 5.75 Å². The van der Waals surface area contributed by atoms with Gasteiger partial charge in [0, 0.05) is 5.56 Å². The van der Waals surface area contributed by atoms with E-state index in [-0.39, 0.29) is 12.1 Å². The van der Waals surface area contributed by atoms with Crippen LogP contribution in [0.15, 0.2) is 12.1 Å². The zero-order valence-corrected chi connectivity index (χ0v) is 9.18. The predicted molar refractivity (Wildman–Crippen MR) is 52.1 cm³/mol. The molecular formula is C10H9F6NO2. The summed E-state index contributed by atoms with van der Waals surface area (Å²) in [5, 5.41) is 18.0. The molecule has 0 radical (unpaired) electrons. The number of rotatable bonds is 2. The summed E-state index contributed by atoms with van der Waals surface area (Å²) >= 11 is 0. The molecule has 1 aromatic carbocycles. The van der Waals surface area contributed by atoms with Crippen LogP contribution in [0, 0.1) is 0 Å². The number of alkyl halides is 6. The number of aliphatic hydroxyl groups is 1. The molecular weight excluding hydrogens is 280 g/mol. The summed E-state index contributed by atoms with van der Waals surface area (Å²) in [6.07, 6.45) is -10.2. The van der Waals surface area contributed by atoms with E-state index in [9.17, 15) is 31.4 Å². The van der Waals surface area contributed by atoms with Crippen LogP contribution in [0.2, 0.25) is 0 Å². The first-order chi connectivity index (χ1) is 8.48. The highest BCUT2D eigenvalue weighted by Gasteiger charge is 2.40. The minimum Gasteiger partial charge on any atom is -0.508 e. The number of hydrogen-bond donors (Lipinski definition) is 3. The molecule has 1 atom stereocenters. The Kier molecular flexibility index (Phi) is 4.01. The van der Waals surface area contributed by atoms with E-state index in [2.05, 4.69) is 0 Å². The molecule has 0 unspecified atom stereocenters. The average Bonchev–Trinajstić information content (AvgIpc) is 2.24. The maximum absolute atomic E-state index is 12.7. The Bertz CT molecular complexity index is 468. The topological polar surface area (TPSA) is 66.5 Å². The Morgan fingerprint density at radius 1 is 1.05 bits per heavy atom. The highest BCUT2D eigenvalue weighted by Crippen LogP contribution is 2.42. The Morgan fingerprint density at radius 3 is 1.95 bits per heavy atom. The number of halogens is 6. The van der Waals surface area contributed by atoms with Crippen LogP contribution in [-0.4, -0.2) is 16.8 Å². The number of phenolic OH excluding ortho intramolecular Hbond substituents is 1. The van der Waals surface area contributed by atoms with Gasteiger partial charge < -0.3 is 15.9 Å². The Hall–Kier alpha value is -1.48. The van der Waals surface area contributed by atoms with Gasteiger partial charge in [-0.2, -0.15) is 26.3 Å². The van der Waals surface area contributed by atoms with Crippen molar-refractivity contribution in [2.75, 3.05) is 6.61 Å². The molecule has 0 bridgehead atoms. The number of benzene rings is 1. The molecule has 0 aliphatic heterocycles. The van der Waals surface area contributed by atoms with E-state index in [4.69, 9.17) is 10.8 Å². The standard InChI is InChI=1S/C10H9F6NO2/c11-9(12,13)4-1-5(10(14,15)16)8(6(17)3-18)7(19)2-4/h1-2,6,18-19H,3,17H2/t6-/m0/s1. The molecule has 0 fully saturated rings. The van der Waals surface area contributed by atoms with Crippen molar-refractivity contribution in [1.29, 1.82) is 0 Å². The van der Waals surface area contributed by atoms with E-state index in [0.29, 0.717) is 0 Å². The van der Waals surface area contributed by atoms with Crippen molar-refractivity contribution in [2.45, 2.75) is 18.4 Å². The first-order valence-corrected chi connectivity index (χ1v) is 4.86. The largest absolute Gasteiger partial charge is 0.508 e. The summed E-state index contributed by atoms with van der Waals surface area (Å²) in [6, 6.07) is -1.65. The summed E-state index contributed by atoms with van der Waals surface area (Å²) < 4.78 is 75.2. The number of hydrogen-bond acceptors (Lipinski definition) is 3. The van der Waals surface area contributed by atoms with Crippen molar-refractivity contribution in [3.05, 3.63) is 28.8 Å². The van der Waals surface area contributed by atoms with Crippen LogP contribution < -0.4 is 5.73 Å². The third-order valence-electron chi connectivity index (χ3n) is 2.36. The lowest BCUT2D eigenvalue weighted by Gasteiger charge is -2.20. The second-order valence-corrected chi connectivity index (χ2v) is 3.74. The Labute approximate surface area is 103 Å². The predicted octanol–water partition coefficient (Wildman–Crippen LogP) is 2.42. The minimum absolute atomic E-state index is 0.139. The Balaban J connectivity index is 3.58. The van der Waals surface area contributed by atoms with Gasteiger partial charge in [0.15, 0.2) is 0 Å². The number of phenols is 1. The molecule has 0 aliphatic carbocycles. The minimum atomic E-state index is -5.14. The second kappa shape index (κ2) is 4.89. The number of aromatic hydroxyl groups is 1. The summed E-state index contributed by atoms with van der Waals surface area (Å²) in [6.45, 7) is -0.956. The van der Waals surface area contributed by atoms with Gasteiger partial charge in [-0.1, -0.05) is 0 Å². The zero-order valence-electron chi connectivity index (χ0n) is 9.18. The van der Waals surface area contributed by atoms with Crippen LogP contribution in [0.4, 0.5) is 26.3 Å². The lowest BCUT2D eigenvalue weighted by atomic mass is 9.96. The fourth-order valence-electron chi connectivity index (χ4n) is 1.52. The van der Waals surface area contributed by atoms with Crippen LogP contribution in [0.25, 0.3) is 0 Å². The normalized spacial score (nSPS) is 14.5. The fraction of sp³-hybridized carbons (Fsp3) is 0.400. The summed E-state index contributed by atoms with van der Waals surface area (Å²) in [4.78, 5) is 0. The van der Waals surface area contributed by atoms with Gasteiger partial charge in [-0.15, -0.1) is 0 Å². The molecule has 0 spiro atoms. The highest BCUT2D eigenvalue weighted by molar-refractivity contribution is 5.47. The van der Waals surface area contributed by atoms with Gasteiger partial charge in [0.2, 0.25) is 0 Å². The van der Waals surface area contributed by atoms with E-state index >= 15 is 0 Å². The smallest absolute Gasteiger partial charge is 0.416 e. The molecule has 0 amide bonds. The van der Waals surface area contributed by atoms with Crippen LogP contribution in [0.1, 0.15) is 22.7 Å². The van der Waals surface area contributed by atoms with E-state index in [1.165, 1.54) is 0 Å². The maximum Gasteiger partial charge on any atom is 0.416 e. The van der Waals surface area contributed by atoms with E-state index < -0.39 is 47.4 Å². The van der Waals surface area contributed by atoms with Crippen LogP contribution >= 0.6 is 0 Å². The van der Waals surface area contributed by atoms with Gasteiger partial charge in [0.25, 0.3) is 0 Å². The molecule has 9 heteroatoms. The first-order valence-electron chi connectivity index (χ1n) is 4.86. The summed E-state index contributed by atoms with van der Waals surface area (Å²) in [5.74, 6) is -1.26. The average molecular weight is 289 g/mol. The van der Waals surface area contributed by atoms with Gasteiger partial charge in [0.05, 0.1) is 23.8 Å². The van der Waals surface area contributed by atoms with Crippen molar-refractivity contribution in [2.24, 2.45) is 5.73 Å². The molecule has 4 N–H and O–H groups in total. The summed E-state index contributed by atoms with van der Waals surface area (Å²) in [5.41, 5.74) is 0.823. The van der Waals surface area contributed by atoms with Gasteiger partial charge >= 0.3 is 12.4 Å². The summed E-state index contributed by atoms with van der Waals surface area (Å²) in [7, 11) is 0. The quantitative estimate of drug-likeness (QED) is 0.732. The maximum atomic E-state index is 12.7. The van der Waals surface area contributed by atoms with Crippen LogP contribution in [-0.2, 0) is 12.4 Å². The number of aliphatic hydroxyl groups excluding tert-OH is 1. The van der Waals surface area contributed by atoms with Crippen molar-refractivity contribution >= 4 is 0 Å². The molecule has 0 saturated heterocycles. The van der Waals surface area contributed by atoms with Crippen molar-refractivity contribution in [3.8, 4) is 5.75 Å². The molecule has 0 saturated carbocycles. The third kappa shape index (κ3) is 3.29. The molecule has 3 nitrogen and oxygen atoms in total. The number of nitrogens with two attached hydrogens (primary N) is 1. The van der Waals surface area contributed by atoms with E-state index in [1.54, 1.807) is 0 Å². The lowest BCUT2D eigenvalue weighted by molar-refractivity contribution is -0.143. The van der Waals surface area contributed by atoms with Gasteiger partial charge in [0.1, 0.15) is 5.75 Å². The molecule has 1 aromatic rings. The van der Waals surface area contributed by atoms with Gasteiger partial charge in [-0.05, 0) is 12.1 Å². The highest BCUT2D eigenvalue weighted by atomic mass is 19.4. The molecule has 19 heavy (non-hydrogen) atoms. The van der Waals surface area contributed by atoms with E-state index in [1.807, 2.05) is 0 Å². The monoisotopic (exact) mass is 289 g/mol. The fourth-order valence-corrected chi connectivity index (χ4v) is 1.52. The zero-order chi connectivity index (χ0) is 15.0. The van der Waals surface area contributed by atoms with Crippen molar-refractivity contribution < 1.29 is 36.6 Å². The molecule has 108 valence electrons.